The molecular weight excluding hydrogens is 446 g/mol. The minimum absolute atomic E-state index is 0.0542. The first kappa shape index (κ1) is 22.9. The van der Waals surface area contributed by atoms with E-state index in [0.29, 0.717) is 22.6 Å². The van der Waals surface area contributed by atoms with Crippen LogP contribution in [0.25, 0.3) is 0 Å². The molecule has 1 aliphatic heterocycles. The van der Waals surface area contributed by atoms with Gasteiger partial charge in [0.2, 0.25) is 0 Å². The van der Waals surface area contributed by atoms with E-state index >= 15 is 0 Å². The smallest absolute Gasteiger partial charge is 0.337 e. The van der Waals surface area contributed by atoms with Crippen LogP contribution in [0.3, 0.4) is 0 Å². The van der Waals surface area contributed by atoms with Crippen LogP contribution in [0.1, 0.15) is 74.8 Å². The second-order valence-corrected chi connectivity index (χ2v) is 10.1. The van der Waals surface area contributed by atoms with Gasteiger partial charge in [0.1, 0.15) is 6.10 Å². The zero-order valence-corrected chi connectivity index (χ0v) is 20.2. The number of dihydropyridines is 1. The maximum Gasteiger partial charge on any atom is 0.337 e. The van der Waals surface area contributed by atoms with E-state index < -0.39 is 5.92 Å². The Kier molecular flexibility index (Phi) is 6.60. The third-order valence-corrected chi connectivity index (χ3v) is 7.56. The van der Waals surface area contributed by atoms with Gasteiger partial charge in [-0.15, -0.1) is 0 Å². The van der Waals surface area contributed by atoms with Crippen molar-refractivity contribution in [3.63, 3.8) is 0 Å². The normalized spacial score (nSPS) is 23.4. The van der Waals surface area contributed by atoms with Gasteiger partial charge in [0.25, 0.3) is 0 Å². The number of ether oxygens (including phenoxy) is 1. The van der Waals surface area contributed by atoms with Gasteiger partial charge in [-0.05, 0) is 68.2 Å². The van der Waals surface area contributed by atoms with Gasteiger partial charge in [0.15, 0.2) is 5.78 Å². The standard InChI is InChI=1S/C29H30ClNO3/c1-18-26(29(33)34-23-13-6-3-7-14-23)27(20-11-8-12-22(30)15-20)28-24(31-18)16-21(17-25(28)32)19-9-4-2-5-10-19/h2,4-5,8-12,15,21,23,27,31H,3,6-7,13-14,16-17H2,1H3. The van der Waals surface area contributed by atoms with E-state index in [2.05, 4.69) is 17.4 Å². The molecule has 2 atom stereocenters. The molecular formula is C29H30ClNO3. The number of rotatable bonds is 4. The molecule has 1 heterocycles. The molecule has 2 aliphatic carbocycles. The van der Waals surface area contributed by atoms with Crippen molar-refractivity contribution in [1.82, 2.24) is 5.32 Å². The lowest BCUT2D eigenvalue weighted by Gasteiger charge is -2.37. The Morgan fingerprint density at radius 1 is 0.971 bits per heavy atom. The number of Topliss-reactive ketones (excluding diaryl/α,β-unsaturated/α-hetero) is 1. The lowest BCUT2D eigenvalue weighted by Crippen LogP contribution is -2.37. The van der Waals surface area contributed by atoms with Crippen LogP contribution >= 0.6 is 11.6 Å². The van der Waals surface area contributed by atoms with Gasteiger partial charge in [0.05, 0.1) is 5.57 Å². The number of nitrogens with one attached hydrogen (secondary N) is 1. The summed E-state index contributed by atoms with van der Waals surface area (Å²) in [6.45, 7) is 1.91. The number of hydrogen-bond acceptors (Lipinski definition) is 4. The third-order valence-electron chi connectivity index (χ3n) is 7.33. The van der Waals surface area contributed by atoms with Crippen molar-refractivity contribution in [2.45, 2.75) is 69.8 Å². The summed E-state index contributed by atoms with van der Waals surface area (Å²) in [6, 6.07) is 17.7. The molecule has 0 radical (unpaired) electrons. The largest absolute Gasteiger partial charge is 0.459 e. The summed E-state index contributed by atoms with van der Waals surface area (Å²) in [7, 11) is 0. The molecule has 5 heteroatoms. The minimum atomic E-state index is -0.477. The Balaban J connectivity index is 1.53. The average Bonchev–Trinajstić information content (AvgIpc) is 2.84. The van der Waals surface area contributed by atoms with Gasteiger partial charge in [-0.25, -0.2) is 4.79 Å². The summed E-state index contributed by atoms with van der Waals surface area (Å²) in [5.41, 5.74) is 4.87. The minimum Gasteiger partial charge on any atom is -0.459 e. The van der Waals surface area contributed by atoms with Crippen LogP contribution in [-0.4, -0.2) is 17.9 Å². The molecule has 0 spiro atoms. The van der Waals surface area contributed by atoms with Crippen LogP contribution in [0.2, 0.25) is 5.02 Å². The molecule has 5 rings (SSSR count). The zero-order chi connectivity index (χ0) is 23.7. The van der Waals surface area contributed by atoms with Crippen LogP contribution in [0.5, 0.6) is 0 Å². The monoisotopic (exact) mass is 475 g/mol. The highest BCUT2D eigenvalue weighted by Gasteiger charge is 2.42. The van der Waals surface area contributed by atoms with Gasteiger partial charge in [0, 0.05) is 34.3 Å². The summed E-state index contributed by atoms with van der Waals surface area (Å²) in [5, 5.41) is 4.02. The number of carbonyl (C=O) groups is 2. The average molecular weight is 476 g/mol. The van der Waals surface area contributed by atoms with Gasteiger partial charge < -0.3 is 10.1 Å². The second-order valence-electron chi connectivity index (χ2n) is 9.65. The van der Waals surface area contributed by atoms with Gasteiger partial charge in [-0.3, -0.25) is 4.79 Å². The van der Waals surface area contributed by atoms with E-state index in [-0.39, 0.29) is 23.8 Å². The summed E-state index contributed by atoms with van der Waals surface area (Å²) in [4.78, 5) is 27.2. The van der Waals surface area contributed by atoms with Crippen LogP contribution in [-0.2, 0) is 14.3 Å². The van der Waals surface area contributed by atoms with Gasteiger partial charge >= 0.3 is 5.97 Å². The third kappa shape index (κ3) is 4.56. The Morgan fingerprint density at radius 3 is 2.44 bits per heavy atom. The molecule has 2 aromatic carbocycles. The zero-order valence-electron chi connectivity index (χ0n) is 19.5. The molecule has 176 valence electrons. The summed E-state index contributed by atoms with van der Waals surface area (Å²) >= 11 is 6.35. The number of benzene rings is 2. The maximum atomic E-state index is 13.6. The highest BCUT2D eigenvalue weighted by molar-refractivity contribution is 6.30. The van der Waals surface area contributed by atoms with Gasteiger partial charge in [-0.2, -0.15) is 0 Å². The van der Waals surface area contributed by atoms with Crippen molar-refractivity contribution in [3.05, 3.63) is 93.3 Å². The van der Waals surface area contributed by atoms with Crippen LogP contribution < -0.4 is 5.32 Å². The first-order valence-electron chi connectivity index (χ1n) is 12.3. The highest BCUT2D eigenvalue weighted by atomic mass is 35.5. The van der Waals surface area contributed by atoms with E-state index in [1.165, 1.54) is 6.42 Å². The second kappa shape index (κ2) is 9.79. The maximum absolute atomic E-state index is 13.6. The Bertz CT molecular complexity index is 1160. The summed E-state index contributed by atoms with van der Waals surface area (Å²) in [6.07, 6.45) is 6.26. The molecule has 0 amide bonds. The molecule has 0 bridgehead atoms. The van der Waals surface area contributed by atoms with Crippen molar-refractivity contribution in [2.75, 3.05) is 0 Å². The Labute approximate surface area is 206 Å². The number of ketones is 1. The van der Waals surface area contributed by atoms with E-state index in [1.54, 1.807) is 0 Å². The first-order chi connectivity index (χ1) is 16.5. The summed E-state index contributed by atoms with van der Waals surface area (Å²) in [5.74, 6) is -0.617. The van der Waals surface area contributed by atoms with Crippen LogP contribution in [0.15, 0.2) is 77.1 Å². The molecule has 0 aromatic heterocycles. The first-order valence-corrected chi connectivity index (χ1v) is 12.6. The molecule has 34 heavy (non-hydrogen) atoms. The number of carbonyl (C=O) groups excluding carboxylic acids is 2. The number of hydrogen-bond donors (Lipinski definition) is 1. The SMILES string of the molecule is CC1=C(C(=O)OC2CCCCC2)C(c2cccc(Cl)c2)C2=C(CC(c3ccccc3)CC2=O)N1. The molecule has 2 unspecified atom stereocenters. The molecule has 4 nitrogen and oxygen atoms in total. The van der Waals surface area contributed by atoms with Crippen molar-refractivity contribution in [1.29, 1.82) is 0 Å². The predicted octanol–water partition coefficient (Wildman–Crippen LogP) is 6.58. The number of esters is 1. The van der Waals surface area contributed by atoms with Gasteiger partial charge in [-0.1, -0.05) is 60.5 Å². The number of halogens is 1. The van der Waals surface area contributed by atoms with Crippen molar-refractivity contribution in [2.24, 2.45) is 0 Å². The molecule has 1 saturated carbocycles. The fraction of sp³-hybridized carbons (Fsp3) is 0.379. The lowest BCUT2D eigenvalue weighted by atomic mass is 9.71. The topological polar surface area (TPSA) is 55.4 Å². The highest BCUT2D eigenvalue weighted by Crippen LogP contribution is 2.46. The molecule has 2 aromatic rings. The van der Waals surface area contributed by atoms with Crippen molar-refractivity contribution in [3.8, 4) is 0 Å². The Morgan fingerprint density at radius 2 is 1.71 bits per heavy atom. The van der Waals surface area contributed by atoms with Crippen molar-refractivity contribution >= 4 is 23.4 Å². The van der Waals surface area contributed by atoms with Crippen molar-refractivity contribution < 1.29 is 14.3 Å². The fourth-order valence-corrected chi connectivity index (χ4v) is 5.89. The lowest BCUT2D eigenvalue weighted by molar-refractivity contribution is -0.146. The van der Waals surface area contributed by atoms with E-state index in [1.807, 2.05) is 49.4 Å². The fourth-order valence-electron chi connectivity index (χ4n) is 5.69. The van der Waals surface area contributed by atoms with Crippen LogP contribution in [0.4, 0.5) is 0 Å². The van der Waals surface area contributed by atoms with E-state index in [9.17, 15) is 9.59 Å². The summed E-state index contributed by atoms with van der Waals surface area (Å²) < 4.78 is 5.98. The quantitative estimate of drug-likeness (QED) is 0.507. The predicted molar refractivity (Wildman–Crippen MR) is 133 cm³/mol. The molecule has 3 aliphatic rings. The van der Waals surface area contributed by atoms with E-state index in [4.69, 9.17) is 16.3 Å². The van der Waals surface area contributed by atoms with Crippen LogP contribution in [0, 0.1) is 0 Å². The van der Waals surface area contributed by atoms with E-state index in [0.717, 1.165) is 54.6 Å². The molecule has 1 fully saturated rings. The Hall–Kier alpha value is -2.85. The molecule has 1 N–H and O–H groups in total. The number of allylic oxidation sites excluding steroid dienone is 3. The molecule has 0 saturated heterocycles.